The largest absolute Gasteiger partial charge is 0.456 e. The van der Waals surface area contributed by atoms with Crippen molar-refractivity contribution in [2.75, 3.05) is 0 Å². The van der Waals surface area contributed by atoms with Crippen molar-refractivity contribution in [3.8, 4) is 45.3 Å². The van der Waals surface area contributed by atoms with Crippen LogP contribution in [-0.2, 0) is 0 Å². The van der Waals surface area contributed by atoms with Gasteiger partial charge in [0.15, 0.2) is 17.5 Å². The molecule has 4 heterocycles. The highest BCUT2D eigenvalue weighted by Gasteiger charge is 2.19. The first kappa shape index (κ1) is 28.6. The Kier molecular flexibility index (Phi) is 6.15. The molecule has 0 unspecified atom stereocenters. The fourth-order valence-corrected chi connectivity index (χ4v) is 7.55. The number of aromatic nitrogens is 5. The first-order valence-electron chi connectivity index (χ1n) is 17.3. The minimum Gasteiger partial charge on any atom is -0.456 e. The number of fused-ring (bicyclic) bond motifs is 11. The lowest BCUT2D eigenvalue weighted by molar-refractivity contribution is 0.669. The zero-order valence-electron chi connectivity index (χ0n) is 27.7. The summed E-state index contributed by atoms with van der Waals surface area (Å²) >= 11 is 0. The second-order valence-corrected chi connectivity index (χ2v) is 13.1. The number of nitrogens with zero attached hydrogens (tertiary/aromatic N) is 5. The lowest BCUT2D eigenvalue weighted by Gasteiger charge is -2.12. The van der Waals surface area contributed by atoms with Crippen LogP contribution in [0.25, 0.3) is 105 Å². The van der Waals surface area contributed by atoms with Gasteiger partial charge in [0.05, 0.1) is 11.0 Å². The first-order chi connectivity index (χ1) is 25.7. The summed E-state index contributed by atoms with van der Waals surface area (Å²) in [6.45, 7) is 0. The van der Waals surface area contributed by atoms with E-state index in [1.165, 1.54) is 5.56 Å². The van der Waals surface area contributed by atoms with Crippen LogP contribution >= 0.6 is 0 Å². The third-order valence-corrected chi connectivity index (χ3v) is 10.0. The zero-order valence-corrected chi connectivity index (χ0v) is 27.7. The summed E-state index contributed by atoms with van der Waals surface area (Å²) < 4.78 is 8.32. The SMILES string of the molecule is c1ccc(-c2ccc3c(c2)c2cc(-c4nc(-c5ccccc5)nc(-c5ccc6oc7ccccc7c6c5)n4)ccc2c2c3nc3ccccn32)cc1. The topological polar surface area (TPSA) is 69.1 Å². The molecule has 0 amide bonds. The molecule has 0 saturated carbocycles. The summed E-state index contributed by atoms with van der Waals surface area (Å²) in [6.07, 6.45) is 2.09. The van der Waals surface area contributed by atoms with Crippen LogP contribution in [0.1, 0.15) is 0 Å². The monoisotopic (exact) mass is 665 g/mol. The average Bonchev–Trinajstić information content (AvgIpc) is 3.80. The highest BCUT2D eigenvalue weighted by atomic mass is 16.3. The van der Waals surface area contributed by atoms with Crippen LogP contribution in [0.5, 0.6) is 0 Å². The normalized spacial score (nSPS) is 11.8. The molecule has 0 aliphatic heterocycles. The Labute approximate surface area is 297 Å². The predicted molar refractivity (Wildman–Crippen MR) is 210 cm³/mol. The van der Waals surface area contributed by atoms with E-state index < -0.39 is 0 Å². The van der Waals surface area contributed by atoms with Gasteiger partial charge in [-0.3, -0.25) is 4.40 Å². The van der Waals surface area contributed by atoms with Gasteiger partial charge in [0.25, 0.3) is 0 Å². The molecule has 6 heteroatoms. The van der Waals surface area contributed by atoms with Crippen molar-refractivity contribution < 1.29 is 4.42 Å². The Balaban J connectivity index is 1.18. The number of pyridine rings is 1. The Morgan fingerprint density at radius 2 is 0.942 bits per heavy atom. The van der Waals surface area contributed by atoms with Crippen LogP contribution in [-0.4, -0.2) is 24.3 Å². The van der Waals surface area contributed by atoms with Gasteiger partial charge in [0, 0.05) is 44.4 Å². The van der Waals surface area contributed by atoms with Crippen LogP contribution in [0.3, 0.4) is 0 Å². The van der Waals surface area contributed by atoms with Gasteiger partial charge in [-0.1, -0.05) is 109 Å². The van der Waals surface area contributed by atoms with Crippen molar-refractivity contribution >= 4 is 60.2 Å². The third-order valence-electron chi connectivity index (χ3n) is 10.0. The Bertz CT molecular complexity index is 3180. The molecule has 0 N–H and O–H groups in total. The minimum atomic E-state index is 0.601. The molecule has 0 aliphatic carbocycles. The molecule has 0 spiro atoms. The Hall–Kier alpha value is -7.18. The number of benzene rings is 7. The molecule has 4 aromatic heterocycles. The number of hydrogen-bond acceptors (Lipinski definition) is 5. The quantitative estimate of drug-likeness (QED) is 0.175. The van der Waals surface area contributed by atoms with Crippen molar-refractivity contribution in [1.29, 1.82) is 0 Å². The molecule has 0 atom stereocenters. The molecular formula is C46H27N5O. The molecule has 11 aromatic rings. The molecule has 0 aliphatic rings. The van der Waals surface area contributed by atoms with Gasteiger partial charge in [-0.05, 0) is 70.4 Å². The van der Waals surface area contributed by atoms with Gasteiger partial charge in [-0.15, -0.1) is 0 Å². The number of hydrogen-bond donors (Lipinski definition) is 0. The third kappa shape index (κ3) is 4.44. The molecule has 0 bridgehead atoms. The van der Waals surface area contributed by atoms with Crippen LogP contribution < -0.4 is 0 Å². The van der Waals surface area contributed by atoms with E-state index in [0.29, 0.717) is 17.5 Å². The summed E-state index contributed by atoms with van der Waals surface area (Å²) in [5, 5.41) is 6.54. The second-order valence-electron chi connectivity index (χ2n) is 13.1. The summed E-state index contributed by atoms with van der Waals surface area (Å²) in [6, 6.07) is 54.3. The maximum Gasteiger partial charge on any atom is 0.164 e. The van der Waals surface area contributed by atoms with E-state index in [9.17, 15) is 0 Å². The van der Waals surface area contributed by atoms with Crippen molar-refractivity contribution in [2.45, 2.75) is 0 Å². The standard InChI is InChI=1S/C46H27N5O/c1-3-11-28(12-4-1)30-18-21-34-36(25-30)37-26-31(19-22-35(37)43-42(34)47-41-17-9-10-24-51(41)43)45-48-44(29-13-5-2-6-14-29)49-46(50-45)32-20-23-40-38(27-32)33-15-7-8-16-39(33)52-40/h1-27H. The van der Waals surface area contributed by atoms with Gasteiger partial charge in [0.2, 0.25) is 0 Å². The summed E-state index contributed by atoms with van der Waals surface area (Å²) in [5.74, 6) is 1.82. The van der Waals surface area contributed by atoms with Gasteiger partial charge in [-0.2, -0.15) is 0 Å². The summed E-state index contributed by atoms with van der Waals surface area (Å²) in [7, 11) is 0. The van der Waals surface area contributed by atoms with Crippen LogP contribution in [0.4, 0.5) is 0 Å². The van der Waals surface area contributed by atoms with E-state index in [2.05, 4.69) is 102 Å². The van der Waals surface area contributed by atoms with E-state index in [0.717, 1.165) is 82.4 Å². The maximum atomic E-state index is 6.13. The van der Waals surface area contributed by atoms with Gasteiger partial charge >= 0.3 is 0 Å². The van der Waals surface area contributed by atoms with Gasteiger partial charge in [0.1, 0.15) is 16.8 Å². The molecule has 6 nitrogen and oxygen atoms in total. The minimum absolute atomic E-state index is 0.601. The number of para-hydroxylation sites is 1. The number of furan rings is 1. The van der Waals surface area contributed by atoms with Gasteiger partial charge < -0.3 is 4.42 Å². The van der Waals surface area contributed by atoms with E-state index in [4.69, 9.17) is 24.4 Å². The van der Waals surface area contributed by atoms with Gasteiger partial charge in [-0.25, -0.2) is 19.9 Å². The molecule has 0 fully saturated rings. The molecule has 0 saturated heterocycles. The van der Waals surface area contributed by atoms with E-state index in [1.54, 1.807) is 0 Å². The van der Waals surface area contributed by atoms with Crippen LogP contribution in [0, 0.1) is 0 Å². The maximum absolute atomic E-state index is 6.13. The van der Waals surface area contributed by atoms with Crippen molar-refractivity contribution in [1.82, 2.24) is 24.3 Å². The van der Waals surface area contributed by atoms with E-state index in [1.807, 2.05) is 66.7 Å². The summed E-state index contributed by atoms with van der Waals surface area (Å²) in [5.41, 5.74) is 9.71. The first-order valence-corrected chi connectivity index (χ1v) is 17.3. The Morgan fingerprint density at radius 3 is 1.75 bits per heavy atom. The highest BCUT2D eigenvalue weighted by molar-refractivity contribution is 6.25. The van der Waals surface area contributed by atoms with Crippen LogP contribution in [0.2, 0.25) is 0 Å². The molecule has 242 valence electrons. The lowest BCUT2D eigenvalue weighted by atomic mass is 9.94. The summed E-state index contributed by atoms with van der Waals surface area (Å²) in [4.78, 5) is 20.4. The molecule has 11 rings (SSSR count). The molecular weight excluding hydrogens is 639 g/mol. The van der Waals surface area contributed by atoms with Crippen LogP contribution in [0.15, 0.2) is 168 Å². The van der Waals surface area contributed by atoms with Crippen molar-refractivity contribution in [3.05, 3.63) is 164 Å². The second kappa shape index (κ2) is 11.2. The van der Waals surface area contributed by atoms with Crippen molar-refractivity contribution in [3.63, 3.8) is 0 Å². The number of imidazole rings is 1. The van der Waals surface area contributed by atoms with E-state index in [-0.39, 0.29) is 0 Å². The van der Waals surface area contributed by atoms with Crippen molar-refractivity contribution in [2.24, 2.45) is 0 Å². The smallest absolute Gasteiger partial charge is 0.164 e. The average molecular weight is 666 g/mol. The molecule has 7 aromatic carbocycles. The van der Waals surface area contributed by atoms with E-state index >= 15 is 0 Å². The molecule has 52 heavy (non-hydrogen) atoms. The lowest BCUT2D eigenvalue weighted by Crippen LogP contribution is -2.00. The highest BCUT2D eigenvalue weighted by Crippen LogP contribution is 2.39. The predicted octanol–water partition coefficient (Wildman–Crippen LogP) is 11.5. The Morgan fingerprint density at radius 1 is 0.365 bits per heavy atom. The fraction of sp³-hybridized carbons (Fsp3) is 0. The molecule has 0 radical (unpaired) electrons. The number of rotatable bonds is 4. The fourth-order valence-electron chi connectivity index (χ4n) is 7.55. The zero-order chi connectivity index (χ0) is 34.2.